The molecule has 2 heteroatoms. The average Bonchev–Trinajstić information content (AvgIpc) is 2.72. The molecule has 0 spiro atoms. The SMILES string of the molecule is Brc1ccc([P+](c2ccccc2)(c2ccccc2)c2ccccc2)cc1. The number of hydrogen-bond acceptors (Lipinski definition) is 0. The Morgan fingerprint density at radius 1 is 0.385 bits per heavy atom. The van der Waals surface area contributed by atoms with Gasteiger partial charge in [-0.05, 0) is 60.7 Å². The molecule has 0 bridgehead atoms. The Morgan fingerprint density at radius 3 is 1.04 bits per heavy atom. The molecule has 0 radical (unpaired) electrons. The van der Waals surface area contributed by atoms with Crippen LogP contribution in [0.15, 0.2) is 120 Å². The van der Waals surface area contributed by atoms with Crippen molar-refractivity contribution < 1.29 is 0 Å². The van der Waals surface area contributed by atoms with Crippen molar-refractivity contribution in [2.45, 2.75) is 0 Å². The Hall–Kier alpha value is -2.21. The second kappa shape index (κ2) is 7.58. The van der Waals surface area contributed by atoms with Gasteiger partial charge in [0.15, 0.2) is 0 Å². The molecule has 4 rings (SSSR count). The van der Waals surface area contributed by atoms with Gasteiger partial charge in [-0.2, -0.15) is 0 Å². The molecule has 0 unspecified atom stereocenters. The van der Waals surface area contributed by atoms with Crippen LogP contribution in [-0.4, -0.2) is 0 Å². The lowest BCUT2D eigenvalue weighted by molar-refractivity contribution is 1.68. The lowest BCUT2D eigenvalue weighted by Crippen LogP contribution is -2.38. The Bertz CT molecular complexity index is 868. The maximum absolute atomic E-state index is 3.59. The lowest BCUT2D eigenvalue weighted by atomic mass is 10.3. The van der Waals surface area contributed by atoms with Crippen molar-refractivity contribution in [3.8, 4) is 0 Å². The first-order chi connectivity index (χ1) is 12.8. The minimum absolute atomic E-state index is 1.11. The highest BCUT2D eigenvalue weighted by molar-refractivity contribution is 9.10. The molecule has 0 aliphatic carbocycles. The molecule has 0 saturated heterocycles. The van der Waals surface area contributed by atoms with E-state index >= 15 is 0 Å². The third-order valence-corrected chi connectivity index (χ3v) is 9.46. The van der Waals surface area contributed by atoms with Crippen LogP contribution in [0.1, 0.15) is 0 Å². The second-order valence-electron chi connectivity index (χ2n) is 6.15. The molecule has 26 heavy (non-hydrogen) atoms. The van der Waals surface area contributed by atoms with E-state index < -0.39 is 7.26 Å². The van der Waals surface area contributed by atoms with Crippen molar-refractivity contribution >= 4 is 44.4 Å². The van der Waals surface area contributed by atoms with Crippen molar-refractivity contribution in [1.29, 1.82) is 0 Å². The van der Waals surface area contributed by atoms with Gasteiger partial charge < -0.3 is 0 Å². The van der Waals surface area contributed by atoms with Crippen molar-refractivity contribution in [1.82, 2.24) is 0 Å². The topological polar surface area (TPSA) is 0 Å². The van der Waals surface area contributed by atoms with Crippen LogP contribution in [0.25, 0.3) is 0 Å². The molecule has 0 nitrogen and oxygen atoms in total. The molecule has 0 heterocycles. The maximum atomic E-state index is 3.59. The molecule has 0 atom stereocenters. The van der Waals surface area contributed by atoms with Crippen LogP contribution in [0.3, 0.4) is 0 Å². The van der Waals surface area contributed by atoms with Gasteiger partial charge in [0.05, 0.1) is 0 Å². The molecule has 4 aromatic carbocycles. The van der Waals surface area contributed by atoms with E-state index in [2.05, 4.69) is 131 Å². The van der Waals surface area contributed by atoms with Gasteiger partial charge in [-0.3, -0.25) is 0 Å². The van der Waals surface area contributed by atoms with Gasteiger partial charge in [0.1, 0.15) is 28.5 Å². The second-order valence-corrected chi connectivity index (χ2v) is 10.5. The largest absolute Gasteiger partial charge is 0.144 e. The van der Waals surface area contributed by atoms with Crippen LogP contribution in [0.2, 0.25) is 0 Å². The molecule has 0 N–H and O–H groups in total. The van der Waals surface area contributed by atoms with Gasteiger partial charge in [-0.25, -0.2) is 0 Å². The van der Waals surface area contributed by atoms with E-state index in [-0.39, 0.29) is 0 Å². The van der Waals surface area contributed by atoms with Crippen LogP contribution in [0.4, 0.5) is 0 Å². The summed E-state index contributed by atoms with van der Waals surface area (Å²) in [6.07, 6.45) is 0. The van der Waals surface area contributed by atoms with Crippen LogP contribution >= 0.6 is 23.2 Å². The summed E-state index contributed by atoms with van der Waals surface area (Å²) in [5.74, 6) is 0. The lowest BCUT2D eigenvalue weighted by Gasteiger charge is -2.27. The summed E-state index contributed by atoms with van der Waals surface area (Å²) in [6, 6.07) is 41.6. The number of benzene rings is 4. The quantitative estimate of drug-likeness (QED) is 0.406. The fourth-order valence-electron chi connectivity index (χ4n) is 3.51. The normalized spacial score (nSPS) is 11.3. The van der Waals surface area contributed by atoms with E-state index in [0.717, 1.165) is 4.47 Å². The molecule has 0 aliphatic rings. The Balaban J connectivity index is 2.12. The molecule has 0 amide bonds. The standard InChI is InChI=1S/C24H19BrP/c25-20-16-18-24(19-17-20)26(21-10-4-1-5-11-21,22-12-6-2-7-13-22)23-14-8-3-9-15-23/h1-19H/q+1. The van der Waals surface area contributed by atoms with Crippen LogP contribution in [0, 0.1) is 0 Å². The van der Waals surface area contributed by atoms with E-state index in [4.69, 9.17) is 0 Å². The van der Waals surface area contributed by atoms with Crippen LogP contribution < -0.4 is 21.2 Å². The van der Waals surface area contributed by atoms with Gasteiger partial charge in [-0.1, -0.05) is 70.5 Å². The summed E-state index contributed by atoms with van der Waals surface area (Å²) < 4.78 is 1.11. The van der Waals surface area contributed by atoms with Crippen LogP contribution in [0.5, 0.6) is 0 Å². The first kappa shape index (κ1) is 17.2. The van der Waals surface area contributed by atoms with Crippen molar-refractivity contribution in [2.75, 3.05) is 0 Å². The summed E-state index contributed by atoms with van der Waals surface area (Å²) in [7, 11) is -1.95. The molecule has 126 valence electrons. The molecule has 0 saturated carbocycles. The zero-order chi connectivity index (χ0) is 17.8. The van der Waals surface area contributed by atoms with Crippen molar-refractivity contribution in [3.63, 3.8) is 0 Å². The summed E-state index contributed by atoms with van der Waals surface area (Å²) in [4.78, 5) is 0. The minimum Gasteiger partial charge on any atom is -0.0620 e. The highest BCUT2D eigenvalue weighted by atomic mass is 79.9. The predicted octanol–water partition coefficient (Wildman–Crippen LogP) is 5.07. The third kappa shape index (κ3) is 3.03. The molecule has 0 aliphatic heterocycles. The predicted molar refractivity (Wildman–Crippen MR) is 119 cm³/mol. The zero-order valence-electron chi connectivity index (χ0n) is 14.3. The van der Waals surface area contributed by atoms with E-state index in [1.54, 1.807) is 0 Å². The first-order valence-electron chi connectivity index (χ1n) is 8.64. The molecular formula is C24H19BrP+. The highest BCUT2D eigenvalue weighted by Crippen LogP contribution is 2.54. The van der Waals surface area contributed by atoms with E-state index in [9.17, 15) is 0 Å². The van der Waals surface area contributed by atoms with E-state index in [1.807, 2.05) is 0 Å². The Labute approximate surface area is 164 Å². The molecule has 0 aromatic heterocycles. The molecular weight excluding hydrogens is 399 g/mol. The van der Waals surface area contributed by atoms with Gasteiger partial charge >= 0.3 is 0 Å². The Kier molecular flexibility index (Phi) is 5.02. The molecule has 0 fully saturated rings. The van der Waals surface area contributed by atoms with Gasteiger partial charge in [0.2, 0.25) is 0 Å². The minimum atomic E-state index is -1.95. The average molecular weight is 418 g/mol. The number of halogens is 1. The van der Waals surface area contributed by atoms with Gasteiger partial charge in [-0.15, -0.1) is 0 Å². The van der Waals surface area contributed by atoms with Crippen LogP contribution in [-0.2, 0) is 0 Å². The van der Waals surface area contributed by atoms with Gasteiger partial charge in [0.25, 0.3) is 0 Å². The van der Waals surface area contributed by atoms with Crippen molar-refractivity contribution in [2.24, 2.45) is 0 Å². The monoisotopic (exact) mass is 417 g/mol. The number of hydrogen-bond donors (Lipinski definition) is 0. The summed E-state index contributed by atoms with van der Waals surface area (Å²) in [5.41, 5.74) is 0. The summed E-state index contributed by atoms with van der Waals surface area (Å²) in [6.45, 7) is 0. The zero-order valence-corrected chi connectivity index (χ0v) is 16.8. The smallest absolute Gasteiger partial charge is 0.0620 e. The molecule has 4 aromatic rings. The maximum Gasteiger partial charge on any atom is 0.144 e. The fraction of sp³-hybridized carbons (Fsp3) is 0. The fourth-order valence-corrected chi connectivity index (χ4v) is 8.02. The Morgan fingerprint density at radius 2 is 0.692 bits per heavy atom. The van der Waals surface area contributed by atoms with Gasteiger partial charge in [0, 0.05) is 4.47 Å². The first-order valence-corrected chi connectivity index (χ1v) is 11.2. The highest BCUT2D eigenvalue weighted by Gasteiger charge is 2.47. The summed E-state index contributed by atoms with van der Waals surface area (Å²) in [5, 5.41) is 5.49. The summed E-state index contributed by atoms with van der Waals surface area (Å²) >= 11 is 3.59. The number of rotatable bonds is 4. The van der Waals surface area contributed by atoms with E-state index in [1.165, 1.54) is 21.2 Å². The van der Waals surface area contributed by atoms with E-state index in [0.29, 0.717) is 0 Å². The van der Waals surface area contributed by atoms with Crippen molar-refractivity contribution in [3.05, 3.63) is 120 Å². The third-order valence-electron chi connectivity index (χ3n) is 4.64.